The van der Waals surface area contributed by atoms with Crippen LogP contribution in [0.5, 0.6) is 5.75 Å². The summed E-state index contributed by atoms with van der Waals surface area (Å²) in [5.74, 6) is -3.27. The maximum Gasteiger partial charge on any atom is 0.501 e. The van der Waals surface area contributed by atoms with E-state index in [1.165, 1.54) is 0 Å². The van der Waals surface area contributed by atoms with Gasteiger partial charge in [-0.2, -0.15) is 0 Å². The smallest absolute Gasteiger partial charge is 0.395 e. The van der Waals surface area contributed by atoms with Crippen LogP contribution in [-0.2, 0) is 0 Å². The highest BCUT2D eigenvalue weighted by atomic mass is 19.2. The molecule has 0 bridgehead atoms. The second-order valence-corrected chi connectivity index (χ2v) is 1.89. The van der Waals surface area contributed by atoms with Gasteiger partial charge in [-0.15, -0.1) is 4.39 Å². The number of hydrogen-bond acceptors (Lipinski definition) is 2. The van der Waals surface area contributed by atoms with Gasteiger partial charge in [0.2, 0.25) is 5.75 Å². The van der Waals surface area contributed by atoms with Gasteiger partial charge >= 0.3 is 6.22 Å². The molecular formula is C7H3F3O2. The molecule has 0 radical (unpaired) electrons. The Balaban J connectivity index is 3.04. The molecule has 0 saturated carbocycles. The summed E-state index contributed by atoms with van der Waals surface area (Å²) in [4.78, 5) is 9.70. The maximum atomic E-state index is 12.5. The maximum absolute atomic E-state index is 12.5. The first-order valence-electron chi connectivity index (χ1n) is 2.92. The number of carbonyl (C=O) groups is 1. The van der Waals surface area contributed by atoms with Crippen LogP contribution in [0.1, 0.15) is 0 Å². The fourth-order valence-corrected chi connectivity index (χ4v) is 0.660. The summed E-state index contributed by atoms with van der Waals surface area (Å²) in [6.45, 7) is 0. The van der Waals surface area contributed by atoms with Crippen molar-refractivity contribution in [1.82, 2.24) is 0 Å². The van der Waals surface area contributed by atoms with Crippen molar-refractivity contribution in [1.29, 1.82) is 0 Å². The lowest BCUT2D eigenvalue weighted by Crippen LogP contribution is -2.01. The largest absolute Gasteiger partial charge is 0.501 e. The number of ether oxygens (including phenoxy) is 1. The summed E-state index contributed by atoms with van der Waals surface area (Å²) in [7, 11) is 0. The molecule has 0 aromatic heterocycles. The zero-order valence-corrected chi connectivity index (χ0v) is 5.68. The molecule has 64 valence electrons. The molecule has 1 aromatic carbocycles. The van der Waals surface area contributed by atoms with Crippen LogP contribution in [0.15, 0.2) is 18.2 Å². The highest BCUT2D eigenvalue weighted by molar-refractivity contribution is 5.62. The Labute approximate surface area is 65.6 Å². The number of benzene rings is 1. The molecular weight excluding hydrogens is 173 g/mol. The molecule has 0 unspecified atom stereocenters. The molecule has 0 aliphatic heterocycles. The van der Waals surface area contributed by atoms with Crippen LogP contribution in [0, 0.1) is 11.6 Å². The van der Waals surface area contributed by atoms with E-state index in [4.69, 9.17) is 0 Å². The van der Waals surface area contributed by atoms with Crippen molar-refractivity contribution < 1.29 is 22.7 Å². The van der Waals surface area contributed by atoms with Gasteiger partial charge in [0.1, 0.15) is 0 Å². The lowest BCUT2D eigenvalue weighted by atomic mass is 10.3. The average molecular weight is 176 g/mol. The normalized spacial score (nSPS) is 9.58. The Kier molecular flexibility index (Phi) is 2.32. The van der Waals surface area contributed by atoms with Crippen LogP contribution >= 0.6 is 0 Å². The summed E-state index contributed by atoms with van der Waals surface area (Å²) >= 11 is 0. The fourth-order valence-electron chi connectivity index (χ4n) is 0.660. The van der Waals surface area contributed by atoms with E-state index in [0.29, 0.717) is 0 Å². The minimum absolute atomic E-state index is 0.849. The van der Waals surface area contributed by atoms with Gasteiger partial charge in [0.25, 0.3) is 0 Å². The molecule has 1 rings (SSSR count). The van der Waals surface area contributed by atoms with Crippen LogP contribution in [0.3, 0.4) is 0 Å². The monoisotopic (exact) mass is 176 g/mol. The third kappa shape index (κ3) is 1.75. The van der Waals surface area contributed by atoms with Gasteiger partial charge in [0.05, 0.1) is 0 Å². The molecule has 0 fully saturated rings. The van der Waals surface area contributed by atoms with E-state index >= 15 is 0 Å². The Morgan fingerprint density at radius 1 is 1.25 bits per heavy atom. The van der Waals surface area contributed by atoms with Crippen molar-refractivity contribution in [3.8, 4) is 5.75 Å². The first-order valence-corrected chi connectivity index (χ1v) is 2.92. The van der Waals surface area contributed by atoms with Crippen molar-refractivity contribution in [2.75, 3.05) is 0 Å². The number of hydrogen-bond donors (Lipinski definition) is 0. The van der Waals surface area contributed by atoms with Crippen molar-refractivity contribution in [3.63, 3.8) is 0 Å². The minimum Gasteiger partial charge on any atom is -0.395 e. The predicted molar refractivity (Wildman–Crippen MR) is 33.5 cm³/mol. The second kappa shape index (κ2) is 3.25. The Morgan fingerprint density at radius 3 is 2.17 bits per heavy atom. The SMILES string of the molecule is O=C(F)Oc1c(F)cccc1F. The van der Waals surface area contributed by atoms with Crippen LogP contribution in [-0.4, -0.2) is 6.22 Å². The summed E-state index contributed by atoms with van der Waals surface area (Å²) in [6, 6.07) is 2.77. The van der Waals surface area contributed by atoms with Gasteiger partial charge in [-0.3, -0.25) is 0 Å². The standard InChI is InChI=1S/C7H3F3O2/c8-4-2-1-3-5(9)6(4)12-7(10)11/h1-3H. The summed E-state index contributed by atoms with van der Waals surface area (Å²) in [6.07, 6.45) is -2.25. The molecule has 12 heavy (non-hydrogen) atoms. The van der Waals surface area contributed by atoms with E-state index in [9.17, 15) is 18.0 Å². The van der Waals surface area contributed by atoms with Crippen molar-refractivity contribution in [2.24, 2.45) is 0 Å². The first-order chi connectivity index (χ1) is 5.61. The van der Waals surface area contributed by atoms with Crippen LogP contribution < -0.4 is 4.74 Å². The summed E-state index contributed by atoms with van der Waals surface area (Å²) in [5, 5.41) is 0. The van der Waals surface area contributed by atoms with E-state index in [1.54, 1.807) is 0 Å². The van der Waals surface area contributed by atoms with Crippen molar-refractivity contribution in [2.45, 2.75) is 0 Å². The average Bonchev–Trinajstić information content (AvgIpc) is 1.97. The summed E-state index contributed by atoms with van der Waals surface area (Å²) < 4.78 is 40.2. The molecule has 0 aliphatic rings. The number of carbonyl (C=O) groups excluding carboxylic acids is 1. The Hall–Kier alpha value is -1.52. The fraction of sp³-hybridized carbons (Fsp3) is 0. The van der Waals surface area contributed by atoms with E-state index in [2.05, 4.69) is 4.74 Å². The summed E-state index contributed by atoms with van der Waals surface area (Å²) in [5.41, 5.74) is 0. The van der Waals surface area contributed by atoms with Gasteiger partial charge in [-0.05, 0) is 12.1 Å². The lowest BCUT2D eigenvalue weighted by molar-refractivity contribution is 0.171. The number of rotatable bonds is 1. The molecule has 5 heteroatoms. The topological polar surface area (TPSA) is 26.3 Å². The molecule has 0 aliphatic carbocycles. The predicted octanol–water partition coefficient (Wildman–Crippen LogP) is 2.43. The van der Waals surface area contributed by atoms with E-state index in [-0.39, 0.29) is 0 Å². The quantitative estimate of drug-likeness (QED) is 0.614. The Morgan fingerprint density at radius 2 is 1.75 bits per heavy atom. The van der Waals surface area contributed by atoms with Crippen LogP contribution in [0.4, 0.5) is 18.0 Å². The third-order valence-corrected chi connectivity index (χ3v) is 1.10. The van der Waals surface area contributed by atoms with Crippen molar-refractivity contribution >= 4 is 6.22 Å². The minimum atomic E-state index is -2.25. The zero-order valence-electron chi connectivity index (χ0n) is 5.68. The van der Waals surface area contributed by atoms with Gasteiger partial charge in [-0.25, -0.2) is 13.6 Å². The highest BCUT2D eigenvalue weighted by Crippen LogP contribution is 2.20. The van der Waals surface area contributed by atoms with Gasteiger partial charge in [0, 0.05) is 0 Å². The molecule has 2 nitrogen and oxygen atoms in total. The first kappa shape index (κ1) is 8.58. The lowest BCUT2D eigenvalue weighted by Gasteiger charge is -2.00. The molecule has 0 saturated heterocycles. The molecule has 0 heterocycles. The number of halogens is 3. The molecule has 0 spiro atoms. The van der Waals surface area contributed by atoms with Crippen molar-refractivity contribution in [3.05, 3.63) is 29.8 Å². The van der Waals surface area contributed by atoms with E-state index in [0.717, 1.165) is 18.2 Å². The van der Waals surface area contributed by atoms with Gasteiger partial charge < -0.3 is 4.74 Å². The van der Waals surface area contributed by atoms with E-state index < -0.39 is 23.6 Å². The molecule has 0 N–H and O–H groups in total. The Bertz CT molecular complexity index is 291. The molecule has 1 aromatic rings. The van der Waals surface area contributed by atoms with Gasteiger partial charge in [-0.1, -0.05) is 6.07 Å². The number of para-hydroxylation sites is 1. The zero-order chi connectivity index (χ0) is 9.14. The molecule has 0 amide bonds. The van der Waals surface area contributed by atoms with E-state index in [1.807, 2.05) is 0 Å². The third-order valence-electron chi connectivity index (χ3n) is 1.10. The second-order valence-electron chi connectivity index (χ2n) is 1.89. The highest BCUT2D eigenvalue weighted by Gasteiger charge is 2.12. The molecule has 0 atom stereocenters. The van der Waals surface area contributed by atoms with Crippen LogP contribution in [0.2, 0.25) is 0 Å². The van der Waals surface area contributed by atoms with Crippen LogP contribution in [0.25, 0.3) is 0 Å². The van der Waals surface area contributed by atoms with Gasteiger partial charge in [0.15, 0.2) is 11.6 Å².